The lowest BCUT2D eigenvalue weighted by atomic mass is 9.82. The molecule has 1 saturated carbocycles. The predicted octanol–water partition coefficient (Wildman–Crippen LogP) is 1.18. The summed E-state index contributed by atoms with van der Waals surface area (Å²) in [6.07, 6.45) is -5.41. The van der Waals surface area contributed by atoms with Crippen molar-refractivity contribution >= 4 is 23.6 Å². The number of fused-ring (bicyclic) bond motifs is 1. The van der Waals surface area contributed by atoms with Crippen molar-refractivity contribution < 1.29 is 32.3 Å². The number of nitrogens with two attached hydrogens (primary N) is 1. The number of hydrogen-bond donors (Lipinski definition) is 2. The number of amides is 4. The lowest BCUT2D eigenvalue weighted by molar-refractivity contribution is -0.194. The van der Waals surface area contributed by atoms with E-state index in [-0.39, 0.29) is 35.1 Å². The van der Waals surface area contributed by atoms with Gasteiger partial charge in [0.2, 0.25) is 17.7 Å². The average Bonchev–Trinajstić information content (AvgIpc) is 3.09. The lowest BCUT2D eigenvalue weighted by Gasteiger charge is -2.44. The molecule has 2 aliphatic heterocycles. The third kappa shape index (κ3) is 4.69. The molecule has 1 aliphatic carbocycles. The monoisotopic (exact) mass is 499 g/mol. The minimum atomic E-state index is -5.37. The van der Waals surface area contributed by atoms with Crippen LogP contribution >= 0.6 is 0 Å². The molecular weight excluding hydrogens is 467 g/mol. The summed E-state index contributed by atoms with van der Waals surface area (Å²) in [6.45, 7) is 8.75. The molecule has 3 aliphatic rings. The summed E-state index contributed by atoms with van der Waals surface area (Å²) in [5.74, 6) is -5.43. The average molecular weight is 500 g/mol. The van der Waals surface area contributed by atoms with Crippen LogP contribution in [-0.4, -0.2) is 70.8 Å². The number of nitriles is 1. The highest BCUT2D eigenvalue weighted by molar-refractivity contribution is 5.94. The Kier molecular flexibility index (Phi) is 6.63. The van der Waals surface area contributed by atoms with Gasteiger partial charge in [0.05, 0.1) is 6.07 Å². The molecule has 2 saturated heterocycles. The van der Waals surface area contributed by atoms with Crippen LogP contribution in [0.5, 0.6) is 0 Å². The Labute approximate surface area is 202 Å². The number of nitrogens with one attached hydrogen (secondary N) is 1. The number of hydrogen-bond acceptors (Lipinski definition) is 5. The van der Waals surface area contributed by atoms with Gasteiger partial charge in [-0.15, -0.1) is 0 Å². The molecule has 35 heavy (non-hydrogen) atoms. The molecule has 0 bridgehead atoms. The molecule has 3 N–H and O–H groups in total. The van der Waals surface area contributed by atoms with Gasteiger partial charge in [0.1, 0.15) is 18.1 Å². The molecule has 2 heterocycles. The van der Waals surface area contributed by atoms with Gasteiger partial charge in [-0.3, -0.25) is 19.2 Å². The second-order valence-corrected chi connectivity index (χ2v) is 11.4. The zero-order chi connectivity index (χ0) is 26.7. The van der Waals surface area contributed by atoms with E-state index in [9.17, 15) is 37.6 Å². The fourth-order valence-electron chi connectivity index (χ4n) is 5.86. The van der Waals surface area contributed by atoms with E-state index in [0.717, 1.165) is 0 Å². The highest BCUT2D eigenvalue weighted by atomic mass is 19.4. The van der Waals surface area contributed by atoms with E-state index in [4.69, 9.17) is 5.73 Å². The van der Waals surface area contributed by atoms with Crippen molar-refractivity contribution in [2.45, 2.75) is 71.8 Å². The predicted molar refractivity (Wildman–Crippen MR) is 117 cm³/mol. The third-order valence-corrected chi connectivity index (χ3v) is 7.75. The van der Waals surface area contributed by atoms with Gasteiger partial charge >= 0.3 is 12.1 Å². The van der Waals surface area contributed by atoms with Crippen LogP contribution < -0.4 is 11.1 Å². The fraction of sp³-hybridized carbons (Fsp3) is 0.783. The van der Waals surface area contributed by atoms with Crippen molar-refractivity contribution in [2.24, 2.45) is 34.3 Å². The molecule has 0 aromatic rings. The van der Waals surface area contributed by atoms with E-state index in [1.165, 1.54) is 25.7 Å². The molecule has 3 unspecified atom stereocenters. The fourth-order valence-corrected chi connectivity index (χ4v) is 5.86. The number of carbonyl (C=O) groups is 4. The van der Waals surface area contributed by atoms with Gasteiger partial charge in [-0.2, -0.15) is 18.4 Å². The summed E-state index contributed by atoms with van der Waals surface area (Å²) in [6, 6.07) is -2.69. The zero-order valence-electron chi connectivity index (χ0n) is 20.5. The van der Waals surface area contributed by atoms with Crippen LogP contribution in [0.1, 0.15) is 47.5 Å². The first-order chi connectivity index (χ1) is 15.9. The zero-order valence-corrected chi connectivity index (χ0v) is 20.5. The Balaban J connectivity index is 2.04. The SMILES string of the molecule is CC1(C)C2CN(C(=O)[C@@H](N(C(=O)C(F)(F)F)[C@H](C#N)C[C@@H]3CCNC3=O)C(C)(C)C)C(C(N)=O)C21. The maximum absolute atomic E-state index is 13.8. The van der Waals surface area contributed by atoms with Crippen molar-refractivity contribution in [3.8, 4) is 6.07 Å². The summed E-state index contributed by atoms with van der Waals surface area (Å²) in [5, 5.41) is 12.4. The minimum absolute atomic E-state index is 0.0507. The van der Waals surface area contributed by atoms with E-state index in [1.54, 1.807) is 6.07 Å². The number of nitrogens with zero attached hydrogens (tertiary/aromatic N) is 3. The van der Waals surface area contributed by atoms with Crippen LogP contribution in [0, 0.1) is 39.9 Å². The summed E-state index contributed by atoms with van der Waals surface area (Å²) in [7, 11) is 0. The summed E-state index contributed by atoms with van der Waals surface area (Å²) < 4.78 is 41.3. The quantitative estimate of drug-likeness (QED) is 0.566. The number of halogens is 3. The number of carbonyl (C=O) groups excluding carboxylic acids is 4. The maximum atomic E-state index is 13.8. The van der Waals surface area contributed by atoms with Crippen LogP contribution in [0.3, 0.4) is 0 Å². The summed E-state index contributed by atoms with van der Waals surface area (Å²) in [5.41, 5.74) is 4.11. The minimum Gasteiger partial charge on any atom is -0.368 e. The molecule has 0 spiro atoms. The van der Waals surface area contributed by atoms with Gasteiger partial charge in [0.25, 0.3) is 0 Å². The number of likely N-dealkylation sites (tertiary alicyclic amines) is 1. The summed E-state index contributed by atoms with van der Waals surface area (Å²) in [4.78, 5) is 52.4. The van der Waals surface area contributed by atoms with Crippen molar-refractivity contribution in [3.63, 3.8) is 0 Å². The number of alkyl halides is 3. The Morgan fingerprint density at radius 3 is 2.31 bits per heavy atom. The topological polar surface area (TPSA) is 137 Å². The first-order valence-corrected chi connectivity index (χ1v) is 11.6. The number of primary amides is 1. The van der Waals surface area contributed by atoms with Crippen molar-refractivity contribution in [2.75, 3.05) is 13.1 Å². The van der Waals surface area contributed by atoms with Gasteiger partial charge in [-0.1, -0.05) is 34.6 Å². The second kappa shape index (κ2) is 8.68. The molecular formula is C23H32F3N5O4. The number of piperidine rings is 1. The van der Waals surface area contributed by atoms with Gasteiger partial charge in [-0.25, -0.2) is 0 Å². The maximum Gasteiger partial charge on any atom is 0.471 e. The van der Waals surface area contributed by atoms with Crippen LogP contribution in [0.2, 0.25) is 0 Å². The Bertz CT molecular complexity index is 968. The van der Waals surface area contributed by atoms with E-state index in [1.807, 2.05) is 13.8 Å². The van der Waals surface area contributed by atoms with Crippen molar-refractivity contribution in [3.05, 3.63) is 0 Å². The third-order valence-electron chi connectivity index (χ3n) is 7.75. The normalized spacial score (nSPS) is 29.0. The van der Waals surface area contributed by atoms with Crippen LogP contribution in [-0.2, 0) is 19.2 Å². The first-order valence-electron chi connectivity index (χ1n) is 11.6. The van der Waals surface area contributed by atoms with Gasteiger partial charge < -0.3 is 20.9 Å². The Morgan fingerprint density at radius 1 is 1.29 bits per heavy atom. The lowest BCUT2D eigenvalue weighted by Crippen LogP contribution is -2.64. The van der Waals surface area contributed by atoms with Gasteiger partial charge in [0.15, 0.2) is 0 Å². The first kappa shape index (κ1) is 26.8. The molecule has 3 fully saturated rings. The van der Waals surface area contributed by atoms with Crippen molar-refractivity contribution in [1.29, 1.82) is 5.26 Å². The second-order valence-electron chi connectivity index (χ2n) is 11.4. The highest BCUT2D eigenvalue weighted by Crippen LogP contribution is 2.65. The molecule has 0 radical (unpaired) electrons. The van der Waals surface area contributed by atoms with Gasteiger partial charge in [-0.05, 0) is 35.5 Å². The van der Waals surface area contributed by atoms with Crippen LogP contribution in [0.4, 0.5) is 13.2 Å². The van der Waals surface area contributed by atoms with E-state index >= 15 is 0 Å². The van der Waals surface area contributed by atoms with Crippen LogP contribution in [0.25, 0.3) is 0 Å². The van der Waals surface area contributed by atoms with E-state index in [0.29, 0.717) is 13.0 Å². The Hall–Kier alpha value is -2.84. The standard InChI is InChI=1S/C23H32F3N5O4/c1-21(2,3)16(19(34)30-10-13-14(22(13,4)5)15(30)17(28)32)31(20(35)23(24,25)26)12(9-27)8-11-6-7-29-18(11)33/h11-16H,6-8,10H2,1-5H3,(H2,28,32)(H,29,33)/t11-,12-,13?,14?,15?,16+/m0/s1. The molecule has 194 valence electrons. The molecule has 0 aromatic heterocycles. The summed E-state index contributed by atoms with van der Waals surface area (Å²) >= 11 is 0. The van der Waals surface area contributed by atoms with Gasteiger partial charge in [0, 0.05) is 19.0 Å². The number of rotatable bonds is 6. The molecule has 12 heteroatoms. The molecule has 0 aromatic carbocycles. The molecule has 4 amide bonds. The van der Waals surface area contributed by atoms with E-state index < -0.39 is 59.3 Å². The smallest absolute Gasteiger partial charge is 0.368 e. The molecule has 9 nitrogen and oxygen atoms in total. The van der Waals surface area contributed by atoms with Crippen LogP contribution in [0.15, 0.2) is 0 Å². The van der Waals surface area contributed by atoms with Crippen molar-refractivity contribution in [1.82, 2.24) is 15.1 Å². The molecule has 6 atom stereocenters. The largest absolute Gasteiger partial charge is 0.471 e. The molecule has 3 rings (SSSR count). The van der Waals surface area contributed by atoms with E-state index in [2.05, 4.69) is 5.32 Å². The Morgan fingerprint density at radius 2 is 1.89 bits per heavy atom. The highest BCUT2D eigenvalue weighted by Gasteiger charge is 2.70.